The second-order valence-corrected chi connectivity index (χ2v) is 8.74. The number of nitrogens with zero attached hydrogens (tertiary/aromatic N) is 4. The number of carbonyl (C=O) groups excluding carboxylic acids is 1. The van der Waals surface area contributed by atoms with Gasteiger partial charge in [-0.3, -0.25) is 9.48 Å². The van der Waals surface area contributed by atoms with Crippen molar-refractivity contribution in [3.63, 3.8) is 0 Å². The summed E-state index contributed by atoms with van der Waals surface area (Å²) in [5.41, 5.74) is 6.24. The first kappa shape index (κ1) is 22.6. The van der Waals surface area contributed by atoms with Crippen LogP contribution < -0.4 is 11.1 Å². The molecule has 1 saturated heterocycles. The van der Waals surface area contributed by atoms with Crippen molar-refractivity contribution >= 4 is 23.5 Å². The number of hydrogen-bond donors (Lipinski definition) is 3. The molecule has 0 bridgehead atoms. The number of primary amides is 1. The van der Waals surface area contributed by atoms with Gasteiger partial charge in [0.15, 0.2) is 5.82 Å². The maximum Gasteiger partial charge on any atom is 0.407 e. The fourth-order valence-electron chi connectivity index (χ4n) is 5.23. The van der Waals surface area contributed by atoms with Crippen LogP contribution in [-0.2, 0) is 0 Å². The molecule has 0 spiro atoms. The molecule has 2 aromatic rings. The quantitative estimate of drug-likeness (QED) is 0.627. The van der Waals surface area contributed by atoms with E-state index in [2.05, 4.69) is 16.5 Å². The smallest absolute Gasteiger partial charge is 0.407 e. The molecule has 1 aromatic heterocycles. The number of nitrogens with two attached hydrogens (primary N) is 1. The average molecular weight is 455 g/mol. The number of nitriles is 1. The standard InChI is InChI=1S/C23H27FN6O3/c24-15-6-8-16(9-7-15)27-22-18(21(26)31)13-30(28-22)19-10-11-29(23(32)33)20(17(19)12-25)14-4-2-1-3-5-14/h6-9,13-14,17,19-20H,1-5,10-11H2,(H2,26,31)(H,27,28)(H,32,33)/t17-,19+,20?/m0/s1. The number of rotatable bonds is 5. The van der Waals surface area contributed by atoms with E-state index in [4.69, 9.17) is 5.73 Å². The number of hydrogen-bond acceptors (Lipinski definition) is 5. The molecule has 4 N–H and O–H groups in total. The van der Waals surface area contributed by atoms with Gasteiger partial charge in [0.2, 0.25) is 0 Å². The Kier molecular flexibility index (Phi) is 6.49. The first-order valence-corrected chi connectivity index (χ1v) is 11.2. The minimum atomic E-state index is -1.01. The predicted octanol–water partition coefficient (Wildman–Crippen LogP) is 3.88. The van der Waals surface area contributed by atoms with Crippen LogP contribution in [0.4, 0.5) is 20.7 Å². The molecule has 9 nitrogen and oxygen atoms in total. The van der Waals surface area contributed by atoms with Crippen LogP contribution in [0.15, 0.2) is 30.5 Å². The van der Waals surface area contributed by atoms with Crippen LogP contribution in [-0.4, -0.2) is 44.4 Å². The third-order valence-corrected chi connectivity index (χ3v) is 6.78. The van der Waals surface area contributed by atoms with E-state index in [1.807, 2.05) is 0 Å². The Balaban J connectivity index is 1.67. The third-order valence-electron chi connectivity index (χ3n) is 6.78. The number of halogens is 1. The van der Waals surface area contributed by atoms with Crippen LogP contribution >= 0.6 is 0 Å². The van der Waals surface area contributed by atoms with E-state index in [0.717, 1.165) is 32.1 Å². The van der Waals surface area contributed by atoms with Crippen LogP contribution in [0.5, 0.6) is 0 Å². The molecule has 174 valence electrons. The molecular weight excluding hydrogens is 427 g/mol. The Hall–Kier alpha value is -3.61. The summed E-state index contributed by atoms with van der Waals surface area (Å²) in [7, 11) is 0. The van der Waals surface area contributed by atoms with Gasteiger partial charge in [-0.1, -0.05) is 19.3 Å². The van der Waals surface area contributed by atoms with Crippen molar-refractivity contribution in [1.29, 1.82) is 5.26 Å². The highest BCUT2D eigenvalue weighted by Gasteiger charge is 2.46. The highest BCUT2D eigenvalue weighted by Crippen LogP contribution is 2.41. The molecule has 2 heterocycles. The van der Waals surface area contributed by atoms with E-state index in [1.165, 1.54) is 35.4 Å². The molecule has 1 saturated carbocycles. The number of nitrogens with one attached hydrogen (secondary N) is 1. The molecule has 2 fully saturated rings. The Morgan fingerprint density at radius 2 is 1.88 bits per heavy atom. The Morgan fingerprint density at radius 3 is 2.48 bits per heavy atom. The molecule has 2 amide bonds. The Morgan fingerprint density at radius 1 is 1.18 bits per heavy atom. The van der Waals surface area contributed by atoms with Gasteiger partial charge in [-0.25, -0.2) is 9.18 Å². The van der Waals surface area contributed by atoms with E-state index in [1.54, 1.807) is 4.68 Å². The van der Waals surface area contributed by atoms with Gasteiger partial charge in [-0.15, -0.1) is 0 Å². The van der Waals surface area contributed by atoms with E-state index in [-0.39, 0.29) is 23.8 Å². The second kappa shape index (κ2) is 9.48. The third kappa shape index (κ3) is 4.62. The van der Waals surface area contributed by atoms with E-state index >= 15 is 0 Å². The van der Waals surface area contributed by atoms with Crippen molar-refractivity contribution in [2.45, 2.75) is 50.6 Å². The van der Waals surface area contributed by atoms with Gasteiger partial charge in [-0.05, 0) is 49.4 Å². The van der Waals surface area contributed by atoms with Crippen molar-refractivity contribution in [2.75, 3.05) is 11.9 Å². The maximum atomic E-state index is 13.2. The van der Waals surface area contributed by atoms with Gasteiger partial charge in [-0.2, -0.15) is 10.4 Å². The van der Waals surface area contributed by atoms with E-state index in [0.29, 0.717) is 12.1 Å². The summed E-state index contributed by atoms with van der Waals surface area (Å²) in [5.74, 6) is -1.37. The molecular formula is C23H27FN6O3. The number of aromatic nitrogens is 2. The molecule has 0 radical (unpaired) electrons. The molecule has 1 aliphatic carbocycles. The van der Waals surface area contributed by atoms with Crippen molar-refractivity contribution in [1.82, 2.24) is 14.7 Å². The summed E-state index contributed by atoms with van der Waals surface area (Å²) in [5, 5.41) is 27.4. The van der Waals surface area contributed by atoms with Crippen molar-refractivity contribution < 1.29 is 19.1 Å². The van der Waals surface area contributed by atoms with Gasteiger partial charge in [0.25, 0.3) is 5.91 Å². The molecule has 1 aromatic carbocycles. The number of carboxylic acid groups (broad SMARTS) is 1. The van der Waals surface area contributed by atoms with Crippen molar-refractivity contribution in [2.24, 2.45) is 17.6 Å². The van der Waals surface area contributed by atoms with Crippen molar-refractivity contribution in [3.8, 4) is 6.07 Å². The number of benzene rings is 1. The van der Waals surface area contributed by atoms with Gasteiger partial charge >= 0.3 is 6.09 Å². The zero-order chi connectivity index (χ0) is 23.5. The van der Waals surface area contributed by atoms with Crippen LogP contribution in [0.2, 0.25) is 0 Å². The minimum absolute atomic E-state index is 0.116. The fraction of sp³-hybridized carbons (Fsp3) is 0.478. The first-order valence-electron chi connectivity index (χ1n) is 11.2. The molecule has 2 aliphatic rings. The van der Waals surface area contributed by atoms with Crippen molar-refractivity contribution in [3.05, 3.63) is 41.8 Å². The normalized spacial score (nSPS) is 23.6. The maximum absolute atomic E-state index is 13.2. The highest BCUT2D eigenvalue weighted by atomic mass is 19.1. The molecule has 1 unspecified atom stereocenters. The Bertz CT molecular complexity index is 1060. The molecule has 3 atom stereocenters. The molecule has 1 aliphatic heterocycles. The number of piperidine rings is 1. The Labute approximate surface area is 191 Å². The number of amides is 2. The first-order chi connectivity index (χ1) is 15.9. The molecule has 33 heavy (non-hydrogen) atoms. The van der Waals surface area contributed by atoms with Gasteiger partial charge in [0, 0.05) is 18.4 Å². The molecule has 10 heteroatoms. The summed E-state index contributed by atoms with van der Waals surface area (Å²) in [6.45, 7) is 0.284. The summed E-state index contributed by atoms with van der Waals surface area (Å²) >= 11 is 0. The summed E-state index contributed by atoms with van der Waals surface area (Å²) in [4.78, 5) is 25.5. The van der Waals surface area contributed by atoms with Crippen LogP contribution in [0, 0.1) is 29.0 Å². The van der Waals surface area contributed by atoms with Gasteiger partial charge in [0.05, 0.1) is 24.1 Å². The van der Waals surface area contributed by atoms with Crippen LogP contribution in [0.25, 0.3) is 0 Å². The van der Waals surface area contributed by atoms with E-state index in [9.17, 15) is 24.3 Å². The topological polar surface area (TPSA) is 137 Å². The lowest BCUT2D eigenvalue weighted by molar-refractivity contribution is 0.0291. The minimum Gasteiger partial charge on any atom is -0.465 e. The van der Waals surface area contributed by atoms with Crippen LogP contribution in [0.1, 0.15) is 54.9 Å². The lowest BCUT2D eigenvalue weighted by Gasteiger charge is -2.46. The lowest BCUT2D eigenvalue weighted by Crippen LogP contribution is -2.55. The number of carbonyl (C=O) groups is 2. The largest absolute Gasteiger partial charge is 0.465 e. The summed E-state index contributed by atoms with van der Waals surface area (Å²) < 4.78 is 14.8. The zero-order valence-electron chi connectivity index (χ0n) is 18.2. The zero-order valence-corrected chi connectivity index (χ0v) is 18.2. The highest BCUT2D eigenvalue weighted by molar-refractivity contribution is 5.98. The van der Waals surface area contributed by atoms with Gasteiger partial charge in [0.1, 0.15) is 11.4 Å². The van der Waals surface area contributed by atoms with Gasteiger partial charge < -0.3 is 21.1 Å². The predicted molar refractivity (Wildman–Crippen MR) is 118 cm³/mol. The summed E-state index contributed by atoms with van der Waals surface area (Å²) in [6.07, 6.45) is 5.84. The number of likely N-dealkylation sites (tertiary alicyclic amines) is 1. The summed E-state index contributed by atoms with van der Waals surface area (Å²) in [6, 6.07) is 7.12. The number of anilines is 2. The second-order valence-electron chi connectivity index (χ2n) is 8.74. The van der Waals surface area contributed by atoms with Crippen LogP contribution in [0.3, 0.4) is 0 Å². The van der Waals surface area contributed by atoms with E-state index < -0.39 is 35.8 Å². The SMILES string of the molecule is N#C[C@@H]1C(C2CCCCC2)N(C(=O)O)CC[C@H]1n1cc(C(N)=O)c(Nc2ccc(F)cc2)n1. The lowest BCUT2D eigenvalue weighted by atomic mass is 9.73. The average Bonchev–Trinajstić information content (AvgIpc) is 3.24. The fourth-order valence-corrected chi connectivity index (χ4v) is 5.23. The monoisotopic (exact) mass is 454 g/mol. The molecule has 4 rings (SSSR count).